The number of carbonyl (C=O) groups excluding carboxylic acids is 1. The van der Waals surface area contributed by atoms with Gasteiger partial charge in [0.05, 0.1) is 11.1 Å². The fourth-order valence-electron chi connectivity index (χ4n) is 3.12. The second kappa shape index (κ2) is 9.57. The van der Waals surface area contributed by atoms with E-state index in [9.17, 15) is 4.79 Å². The highest BCUT2D eigenvalue weighted by molar-refractivity contribution is 7.07. The van der Waals surface area contributed by atoms with Crippen LogP contribution in [0.15, 0.2) is 65.4 Å². The van der Waals surface area contributed by atoms with Gasteiger partial charge in [-0.2, -0.15) is 11.3 Å². The lowest BCUT2D eigenvalue weighted by atomic mass is 10.0. The van der Waals surface area contributed by atoms with Gasteiger partial charge in [0.2, 0.25) is 5.91 Å². The Morgan fingerprint density at radius 3 is 2.29 bits per heavy atom. The van der Waals surface area contributed by atoms with Crippen LogP contribution >= 0.6 is 22.9 Å². The van der Waals surface area contributed by atoms with Gasteiger partial charge in [-0.05, 0) is 39.9 Å². The van der Waals surface area contributed by atoms with E-state index in [0.717, 1.165) is 5.56 Å². The fourth-order valence-corrected chi connectivity index (χ4v) is 3.83. The number of fused-ring (bicyclic) bond motifs is 1. The number of nitrogens with zero attached hydrogens (tertiary/aromatic N) is 1. The van der Waals surface area contributed by atoms with Crippen LogP contribution in [0.5, 0.6) is 0 Å². The van der Waals surface area contributed by atoms with E-state index in [0.29, 0.717) is 30.1 Å². The van der Waals surface area contributed by atoms with E-state index >= 15 is 0 Å². The minimum atomic E-state index is -0.630. The van der Waals surface area contributed by atoms with Crippen molar-refractivity contribution in [2.24, 2.45) is 5.73 Å². The maximum absolute atomic E-state index is 12.6. The predicted octanol–water partition coefficient (Wildman–Crippen LogP) is 4.48. The minimum Gasteiger partial charge on any atom is -0.333 e. The van der Waals surface area contributed by atoms with Gasteiger partial charge in [-0.3, -0.25) is 4.79 Å². The third kappa shape index (κ3) is 4.82. The molecule has 1 atom stereocenters. The molecule has 5 heteroatoms. The highest BCUT2D eigenvalue weighted by Crippen LogP contribution is 2.25. The van der Waals surface area contributed by atoms with Crippen molar-refractivity contribution in [3.63, 3.8) is 0 Å². The standard InChI is InChI=1S/C19H17ClN2O.C4H4S/c1-2-13-8-5-9-14(18(13)20)10-17(21)19(23)22-11-15-6-3-4-7-16(15)12-22;1-2-4-5-3-1/h1,3-9,17H,10-12,21H2;1-4H. The van der Waals surface area contributed by atoms with Crippen LogP contribution in [0.1, 0.15) is 22.3 Å². The van der Waals surface area contributed by atoms with Crippen LogP contribution in [-0.2, 0) is 24.3 Å². The van der Waals surface area contributed by atoms with Crippen LogP contribution in [0.25, 0.3) is 0 Å². The number of amides is 1. The Labute approximate surface area is 174 Å². The molecule has 1 aromatic heterocycles. The number of nitrogens with two attached hydrogens (primary N) is 1. The zero-order chi connectivity index (χ0) is 19.9. The molecule has 1 aliphatic heterocycles. The minimum absolute atomic E-state index is 0.0663. The van der Waals surface area contributed by atoms with Crippen LogP contribution in [0, 0.1) is 12.3 Å². The van der Waals surface area contributed by atoms with Crippen molar-refractivity contribution in [1.82, 2.24) is 4.90 Å². The molecule has 0 saturated carbocycles. The summed E-state index contributed by atoms with van der Waals surface area (Å²) in [4.78, 5) is 14.4. The number of carbonyl (C=O) groups is 1. The Morgan fingerprint density at radius 1 is 1.11 bits per heavy atom. The van der Waals surface area contributed by atoms with Crippen molar-refractivity contribution in [3.05, 3.63) is 92.6 Å². The number of hydrogen-bond acceptors (Lipinski definition) is 3. The van der Waals surface area contributed by atoms with Gasteiger partial charge in [-0.1, -0.05) is 66.1 Å². The summed E-state index contributed by atoms with van der Waals surface area (Å²) < 4.78 is 0. The summed E-state index contributed by atoms with van der Waals surface area (Å²) in [5.41, 5.74) is 9.91. The summed E-state index contributed by atoms with van der Waals surface area (Å²) in [5.74, 6) is 2.47. The molecule has 142 valence electrons. The molecule has 2 aromatic carbocycles. The maximum Gasteiger partial charge on any atom is 0.240 e. The summed E-state index contributed by atoms with van der Waals surface area (Å²) in [6.07, 6.45) is 5.79. The molecule has 28 heavy (non-hydrogen) atoms. The van der Waals surface area contributed by atoms with Crippen LogP contribution in [0.2, 0.25) is 5.02 Å². The third-order valence-electron chi connectivity index (χ3n) is 4.57. The lowest BCUT2D eigenvalue weighted by Crippen LogP contribution is -2.42. The average Bonchev–Trinajstić information content (AvgIpc) is 3.41. The summed E-state index contributed by atoms with van der Waals surface area (Å²) in [6.45, 7) is 1.22. The SMILES string of the molecule is C#Cc1cccc(CC(N)C(=O)N2Cc3ccccc3C2)c1Cl.c1ccsc1. The number of thiophene rings is 1. The first-order chi connectivity index (χ1) is 13.6. The zero-order valence-corrected chi connectivity index (χ0v) is 16.9. The average molecular weight is 409 g/mol. The van der Waals surface area contributed by atoms with E-state index in [2.05, 4.69) is 5.92 Å². The van der Waals surface area contributed by atoms with Crippen molar-refractivity contribution >= 4 is 28.8 Å². The van der Waals surface area contributed by atoms with E-state index in [-0.39, 0.29) is 5.91 Å². The topological polar surface area (TPSA) is 46.3 Å². The molecule has 0 bridgehead atoms. The predicted molar refractivity (Wildman–Crippen MR) is 116 cm³/mol. The van der Waals surface area contributed by atoms with Crippen molar-refractivity contribution < 1.29 is 4.79 Å². The van der Waals surface area contributed by atoms with Crippen LogP contribution in [-0.4, -0.2) is 16.8 Å². The normalized spacial score (nSPS) is 13.1. The van der Waals surface area contributed by atoms with Crippen molar-refractivity contribution in [3.8, 4) is 12.3 Å². The number of halogens is 1. The molecule has 0 saturated heterocycles. The molecule has 2 heterocycles. The number of terminal acetylenes is 1. The molecule has 0 aliphatic carbocycles. The smallest absolute Gasteiger partial charge is 0.240 e. The van der Waals surface area contributed by atoms with Crippen LogP contribution in [0.4, 0.5) is 0 Å². The van der Waals surface area contributed by atoms with Crippen molar-refractivity contribution in [2.45, 2.75) is 25.6 Å². The highest BCUT2D eigenvalue weighted by Gasteiger charge is 2.27. The molecule has 0 spiro atoms. The van der Waals surface area contributed by atoms with E-state index in [1.54, 1.807) is 22.3 Å². The van der Waals surface area contributed by atoms with Gasteiger partial charge in [0, 0.05) is 18.7 Å². The van der Waals surface area contributed by atoms with E-state index in [4.69, 9.17) is 23.8 Å². The van der Waals surface area contributed by atoms with Crippen molar-refractivity contribution in [1.29, 1.82) is 0 Å². The second-order valence-corrected chi connectivity index (χ2v) is 7.68. The molecule has 0 radical (unpaired) electrons. The third-order valence-corrected chi connectivity index (χ3v) is 5.64. The van der Waals surface area contributed by atoms with E-state index < -0.39 is 6.04 Å². The molecule has 3 aromatic rings. The first kappa shape index (κ1) is 20.2. The summed E-state index contributed by atoms with van der Waals surface area (Å²) >= 11 is 7.98. The van der Waals surface area contributed by atoms with Gasteiger partial charge in [0.25, 0.3) is 0 Å². The Morgan fingerprint density at radius 2 is 1.75 bits per heavy atom. The molecular weight excluding hydrogens is 388 g/mol. The van der Waals surface area contributed by atoms with Gasteiger partial charge in [0.1, 0.15) is 0 Å². The van der Waals surface area contributed by atoms with E-state index in [1.165, 1.54) is 11.1 Å². The fraction of sp³-hybridized carbons (Fsp3) is 0.174. The first-order valence-corrected chi connectivity index (χ1v) is 10.2. The molecule has 0 fully saturated rings. The van der Waals surface area contributed by atoms with Crippen LogP contribution in [0.3, 0.4) is 0 Å². The lowest BCUT2D eigenvalue weighted by Gasteiger charge is -2.21. The number of hydrogen-bond donors (Lipinski definition) is 1. The summed E-state index contributed by atoms with van der Waals surface area (Å²) in [5, 5.41) is 4.59. The summed E-state index contributed by atoms with van der Waals surface area (Å²) in [7, 11) is 0. The summed E-state index contributed by atoms with van der Waals surface area (Å²) in [6, 6.07) is 16.9. The molecule has 2 N–H and O–H groups in total. The Kier molecular flexibility index (Phi) is 6.89. The first-order valence-electron chi connectivity index (χ1n) is 8.92. The van der Waals surface area contributed by atoms with Gasteiger partial charge in [-0.15, -0.1) is 6.42 Å². The molecule has 1 amide bonds. The Balaban J connectivity index is 0.000000391. The van der Waals surface area contributed by atoms with Gasteiger partial charge < -0.3 is 10.6 Å². The maximum atomic E-state index is 12.6. The molecule has 4 rings (SSSR count). The molecule has 1 unspecified atom stereocenters. The van der Waals surface area contributed by atoms with Crippen molar-refractivity contribution in [2.75, 3.05) is 0 Å². The van der Waals surface area contributed by atoms with Gasteiger partial charge >= 0.3 is 0 Å². The molecular formula is C23H21ClN2OS. The largest absolute Gasteiger partial charge is 0.333 e. The highest BCUT2D eigenvalue weighted by atomic mass is 35.5. The van der Waals surface area contributed by atoms with Gasteiger partial charge in [-0.25, -0.2) is 0 Å². The lowest BCUT2D eigenvalue weighted by molar-refractivity contribution is -0.133. The Hall–Kier alpha value is -2.58. The van der Waals surface area contributed by atoms with Crippen LogP contribution < -0.4 is 5.73 Å². The molecule has 3 nitrogen and oxygen atoms in total. The number of rotatable bonds is 3. The quantitative estimate of drug-likeness (QED) is 0.649. The Bertz CT molecular complexity index is 936. The molecule has 1 aliphatic rings. The zero-order valence-electron chi connectivity index (χ0n) is 15.3. The monoisotopic (exact) mass is 408 g/mol. The van der Waals surface area contributed by atoms with Gasteiger partial charge in [0.15, 0.2) is 0 Å². The number of benzene rings is 2. The second-order valence-electron chi connectivity index (χ2n) is 6.49. The van der Waals surface area contributed by atoms with E-state index in [1.807, 2.05) is 59.3 Å².